The van der Waals surface area contributed by atoms with Crippen LogP contribution in [0.4, 0.5) is 0 Å². The second-order valence-electron chi connectivity index (χ2n) is 5.56. The van der Waals surface area contributed by atoms with E-state index in [1.165, 1.54) is 11.3 Å². The van der Waals surface area contributed by atoms with E-state index in [1.54, 1.807) is 6.07 Å². The van der Waals surface area contributed by atoms with Gasteiger partial charge in [0, 0.05) is 22.7 Å². The van der Waals surface area contributed by atoms with Gasteiger partial charge in [-0.05, 0) is 32.8 Å². The van der Waals surface area contributed by atoms with Gasteiger partial charge in [0.05, 0.1) is 10.9 Å². The maximum atomic E-state index is 12.7. The van der Waals surface area contributed by atoms with Crippen molar-refractivity contribution >= 4 is 21.4 Å². The standard InChI is InChI=1S/C14H20N4O2S2/c1-4-13-15-14-11(6-5-7-18(14)16-13)17-22(19,20)12-8-9(2)21-10(12)3/h8,11,17H,4-7H2,1-3H3/t11-/m1/s1. The number of nitrogens with one attached hydrogen (secondary N) is 1. The first-order valence-corrected chi connectivity index (χ1v) is 9.73. The van der Waals surface area contributed by atoms with Crippen LogP contribution < -0.4 is 4.72 Å². The smallest absolute Gasteiger partial charge is 0.242 e. The minimum atomic E-state index is -3.53. The number of aromatic nitrogens is 3. The molecule has 1 aliphatic heterocycles. The molecule has 6 nitrogen and oxygen atoms in total. The molecule has 0 saturated heterocycles. The third-order valence-corrected chi connectivity index (χ3v) is 6.51. The van der Waals surface area contributed by atoms with Crippen molar-refractivity contribution in [1.82, 2.24) is 19.5 Å². The van der Waals surface area contributed by atoms with Crippen LogP contribution in [0.15, 0.2) is 11.0 Å². The van der Waals surface area contributed by atoms with E-state index in [2.05, 4.69) is 14.8 Å². The summed E-state index contributed by atoms with van der Waals surface area (Å²) in [5, 5.41) is 4.42. The number of fused-ring (bicyclic) bond motifs is 1. The fraction of sp³-hybridized carbons (Fsp3) is 0.571. The molecule has 0 aliphatic carbocycles. The number of aryl methyl sites for hydroxylation is 4. The number of hydrogen-bond acceptors (Lipinski definition) is 5. The summed E-state index contributed by atoms with van der Waals surface area (Å²) in [6.07, 6.45) is 2.40. The largest absolute Gasteiger partial charge is 0.248 e. The van der Waals surface area contributed by atoms with E-state index in [4.69, 9.17) is 0 Å². The highest BCUT2D eigenvalue weighted by Crippen LogP contribution is 2.29. The molecule has 1 aliphatic rings. The van der Waals surface area contributed by atoms with Gasteiger partial charge in [-0.3, -0.25) is 0 Å². The minimum absolute atomic E-state index is 0.300. The molecule has 0 bridgehead atoms. The van der Waals surface area contributed by atoms with Gasteiger partial charge < -0.3 is 0 Å². The Bertz CT molecular complexity index is 792. The zero-order valence-corrected chi connectivity index (χ0v) is 14.6. The minimum Gasteiger partial charge on any atom is -0.248 e. The van der Waals surface area contributed by atoms with E-state index < -0.39 is 10.0 Å². The van der Waals surface area contributed by atoms with E-state index >= 15 is 0 Å². The maximum absolute atomic E-state index is 12.7. The number of nitrogens with zero attached hydrogens (tertiary/aromatic N) is 3. The summed E-state index contributed by atoms with van der Waals surface area (Å²) in [5.41, 5.74) is 0. The Morgan fingerprint density at radius 3 is 2.86 bits per heavy atom. The lowest BCUT2D eigenvalue weighted by atomic mass is 10.1. The molecule has 0 amide bonds. The summed E-state index contributed by atoms with van der Waals surface area (Å²) in [5.74, 6) is 1.50. The van der Waals surface area contributed by atoms with Crippen LogP contribution in [0.2, 0.25) is 0 Å². The predicted octanol–water partition coefficient (Wildman–Crippen LogP) is 2.33. The highest BCUT2D eigenvalue weighted by Gasteiger charge is 2.29. The molecule has 2 aromatic heterocycles. The van der Waals surface area contributed by atoms with E-state index in [9.17, 15) is 8.42 Å². The van der Waals surface area contributed by atoms with Gasteiger partial charge in [0.25, 0.3) is 0 Å². The van der Waals surface area contributed by atoms with Crippen molar-refractivity contribution in [3.63, 3.8) is 0 Å². The molecule has 0 spiro atoms. The molecular weight excluding hydrogens is 320 g/mol. The Hall–Kier alpha value is -1.25. The van der Waals surface area contributed by atoms with Gasteiger partial charge in [0.15, 0.2) is 5.82 Å². The molecule has 22 heavy (non-hydrogen) atoms. The van der Waals surface area contributed by atoms with Crippen molar-refractivity contribution in [1.29, 1.82) is 0 Å². The highest BCUT2D eigenvalue weighted by atomic mass is 32.2. The van der Waals surface area contributed by atoms with Crippen LogP contribution in [0, 0.1) is 13.8 Å². The first kappa shape index (κ1) is 15.6. The Labute approximate surface area is 134 Å². The van der Waals surface area contributed by atoms with E-state index in [0.717, 1.165) is 47.2 Å². The summed E-state index contributed by atoms with van der Waals surface area (Å²) in [6, 6.07) is 1.43. The molecule has 1 atom stereocenters. The first-order chi connectivity index (χ1) is 10.4. The second kappa shape index (κ2) is 5.75. The molecule has 2 aromatic rings. The molecule has 0 fully saturated rings. The topological polar surface area (TPSA) is 76.9 Å². The van der Waals surface area contributed by atoms with Gasteiger partial charge in [-0.15, -0.1) is 11.3 Å². The third-order valence-electron chi connectivity index (χ3n) is 3.82. The summed E-state index contributed by atoms with van der Waals surface area (Å²) in [4.78, 5) is 6.68. The third kappa shape index (κ3) is 2.82. The first-order valence-electron chi connectivity index (χ1n) is 7.43. The number of rotatable bonds is 4. The van der Waals surface area contributed by atoms with Gasteiger partial charge >= 0.3 is 0 Å². The number of hydrogen-bond donors (Lipinski definition) is 1. The van der Waals surface area contributed by atoms with Crippen molar-refractivity contribution in [3.8, 4) is 0 Å². The fourth-order valence-corrected chi connectivity index (χ4v) is 5.57. The van der Waals surface area contributed by atoms with Crippen molar-refractivity contribution in [3.05, 3.63) is 27.5 Å². The summed E-state index contributed by atoms with van der Waals surface area (Å²) in [7, 11) is -3.53. The Kier molecular flexibility index (Phi) is 4.09. The maximum Gasteiger partial charge on any atom is 0.242 e. The molecule has 0 saturated carbocycles. The normalized spacial score (nSPS) is 18.4. The van der Waals surface area contributed by atoms with Gasteiger partial charge in [-0.1, -0.05) is 6.92 Å². The molecule has 0 aromatic carbocycles. The SMILES string of the molecule is CCc1nc2n(n1)CCC[C@H]2NS(=O)(=O)c1cc(C)sc1C. The lowest BCUT2D eigenvalue weighted by Gasteiger charge is -2.22. The Morgan fingerprint density at radius 1 is 1.45 bits per heavy atom. The zero-order chi connectivity index (χ0) is 15.9. The number of thiophene rings is 1. The molecular formula is C14H20N4O2S2. The van der Waals surface area contributed by atoms with Crippen molar-refractivity contribution in [2.24, 2.45) is 0 Å². The van der Waals surface area contributed by atoms with Gasteiger partial charge in [0.2, 0.25) is 10.0 Å². The van der Waals surface area contributed by atoms with E-state index in [1.807, 2.05) is 25.5 Å². The molecule has 0 radical (unpaired) electrons. The molecule has 3 rings (SSSR count). The van der Waals surface area contributed by atoms with Gasteiger partial charge in [-0.2, -0.15) is 5.10 Å². The molecule has 8 heteroatoms. The van der Waals surface area contributed by atoms with Crippen LogP contribution in [0.25, 0.3) is 0 Å². The van der Waals surface area contributed by atoms with Crippen LogP contribution in [0.3, 0.4) is 0 Å². The monoisotopic (exact) mass is 340 g/mol. The molecule has 0 unspecified atom stereocenters. The lowest BCUT2D eigenvalue weighted by Crippen LogP contribution is -2.33. The van der Waals surface area contributed by atoms with Gasteiger partial charge in [0.1, 0.15) is 5.82 Å². The van der Waals surface area contributed by atoms with Crippen molar-refractivity contribution < 1.29 is 8.42 Å². The van der Waals surface area contributed by atoms with E-state index in [0.29, 0.717) is 4.90 Å². The second-order valence-corrected chi connectivity index (χ2v) is 8.70. The highest BCUT2D eigenvalue weighted by molar-refractivity contribution is 7.89. The van der Waals surface area contributed by atoms with Crippen LogP contribution in [-0.4, -0.2) is 23.2 Å². The fourth-order valence-electron chi connectivity index (χ4n) is 2.79. The molecule has 120 valence electrons. The summed E-state index contributed by atoms with van der Waals surface area (Å²) in [6.45, 7) is 6.56. The summed E-state index contributed by atoms with van der Waals surface area (Å²) >= 11 is 1.50. The zero-order valence-electron chi connectivity index (χ0n) is 13.0. The van der Waals surface area contributed by atoms with Gasteiger partial charge in [-0.25, -0.2) is 22.8 Å². The Balaban J connectivity index is 1.91. The van der Waals surface area contributed by atoms with E-state index in [-0.39, 0.29) is 6.04 Å². The molecule has 3 heterocycles. The van der Waals surface area contributed by atoms with Crippen molar-refractivity contribution in [2.45, 2.75) is 57.5 Å². The van der Waals surface area contributed by atoms with Crippen LogP contribution >= 0.6 is 11.3 Å². The predicted molar refractivity (Wildman–Crippen MR) is 85.5 cm³/mol. The molecule has 1 N–H and O–H groups in total. The van der Waals surface area contributed by atoms with Crippen LogP contribution in [0.1, 0.15) is 47.2 Å². The van der Waals surface area contributed by atoms with Crippen LogP contribution in [-0.2, 0) is 23.0 Å². The lowest BCUT2D eigenvalue weighted by molar-refractivity contribution is 0.399. The van der Waals surface area contributed by atoms with Crippen molar-refractivity contribution in [2.75, 3.05) is 0 Å². The Morgan fingerprint density at radius 2 is 2.23 bits per heavy atom. The quantitative estimate of drug-likeness (QED) is 0.927. The average molecular weight is 340 g/mol. The number of sulfonamides is 1. The average Bonchev–Trinajstić information content (AvgIpc) is 3.02. The summed E-state index contributed by atoms with van der Waals surface area (Å²) < 4.78 is 30.0. The van der Waals surface area contributed by atoms with Crippen LogP contribution in [0.5, 0.6) is 0 Å².